The molecule has 0 bridgehead atoms. The molecule has 1 aromatic rings. The van der Waals surface area contributed by atoms with Gasteiger partial charge in [-0.05, 0) is 5.53 Å². The van der Waals surface area contributed by atoms with Crippen molar-refractivity contribution in [1.82, 2.24) is 9.55 Å². The Morgan fingerprint density at radius 2 is 1.76 bits per heavy atom. The van der Waals surface area contributed by atoms with Crippen molar-refractivity contribution in [3.05, 3.63) is 43.0 Å². The average Bonchev–Trinajstić information content (AvgIpc) is 2.91. The smallest absolute Gasteiger partial charge is 0.387 e. The van der Waals surface area contributed by atoms with E-state index in [1.165, 1.54) is 0 Å². The molecule has 20 nitrogen and oxygen atoms in total. The van der Waals surface area contributed by atoms with Crippen LogP contribution in [-0.2, 0) is 38.1 Å². The first kappa shape index (κ1) is 27.5. The topological polar surface area (TPSA) is 313 Å². The Hall–Kier alpha value is -1.72. The van der Waals surface area contributed by atoms with Crippen LogP contribution in [0.25, 0.3) is 10.4 Å². The summed E-state index contributed by atoms with van der Waals surface area (Å²) in [7, 11) is -16.9. The molecule has 2 unspecified atom stereocenters. The first-order valence-corrected chi connectivity index (χ1v) is 12.7. The van der Waals surface area contributed by atoms with Gasteiger partial charge in [-0.1, -0.05) is 5.11 Å². The fourth-order valence-electron chi connectivity index (χ4n) is 2.50. The highest BCUT2D eigenvalue weighted by molar-refractivity contribution is 7.66. The van der Waals surface area contributed by atoms with E-state index in [2.05, 4.69) is 23.2 Å². The molecule has 33 heavy (non-hydrogen) atoms. The normalized spacial score (nSPS) is 26.8. The Labute approximate surface area is 181 Å². The van der Waals surface area contributed by atoms with Crippen molar-refractivity contribution in [3.8, 4) is 0 Å². The number of aromatic nitrogens is 2. The van der Waals surface area contributed by atoms with Gasteiger partial charge in [0.15, 0.2) is 6.23 Å². The predicted molar refractivity (Wildman–Crippen MR) is 99.9 cm³/mol. The molecule has 0 aliphatic carbocycles. The van der Waals surface area contributed by atoms with Crippen LogP contribution < -0.4 is 11.2 Å². The van der Waals surface area contributed by atoms with Crippen LogP contribution in [0.4, 0.5) is 0 Å². The number of hydrogen-bond donors (Lipinski definition) is 7. The number of aliphatic hydroxyl groups is 2. The number of aliphatic hydroxyl groups excluding tert-OH is 2. The van der Waals surface area contributed by atoms with Crippen LogP contribution in [0.2, 0.25) is 0 Å². The van der Waals surface area contributed by atoms with E-state index in [0.29, 0.717) is 4.57 Å². The molecule has 6 atom stereocenters. The Bertz CT molecular complexity index is 1190. The number of aromatic amines is 1. The van der Waals surface area contributed by atoms with Crippen LogP contribution in [0.1, 0.15) is 11.8 Å². The van der Waals surface area contributed by atoms with Crippen LogP contribution in [0.5, 0.6) is 0 Å². The molecule has 0 saturated carbocycles. The molecular weight excluding hydrogens is 523 g/mol. The van der Waals surface area contributed by atoms with Crippen LogP contribution >= 0.6 is 23.5 Å². The summed E-state index contributed by atoms with van der Waals surface area (Å²) in [4.78, 5) is 63.6. The zero-order valence-electron chi connectivity index (χ0n) is 15.8. The molecule has 1 saturated heterocycles. The van der Waals surface area contributed by atoms with Gasteiger partial charge in [0.2, 0.25) is 0 Å². The molecule has 186 valence electrons. The molecule has 23 heteroatoms. The highest BCUT2D eigenvalue weighted by atomic mass is 31.3. The molecule has 0 spiro atoms. The van der Waals surface area contributed by atoms with Crippen LogP contribution in [0.3, 0.4) is 0 Å². The highest BCUT2D eigenvalue weighted by Gasteiger charge is 2.46. The second kappa shape index (κ2) is 10.3. The maximum Gasteiger partial charge on any atom is 0.490 e. The van der Waals surface area contributed by atoms with Crippen molar-refractivity contribution in [1.29, 1.82) is 0 Å². The molecule has 7 N–H and O–H groups in total. The van der Waals surface area contributed by atoms with Gasteiger partial charge < -0.3 is 34.5 Å². The number of phosphoric acid groups is 3. The minimum absolute atomic E-state index is 0.214. The van der Waals surface area contributed by atoms with Gasteiger partial charge >= 0.3 is 29.2 Å². The molecule has 2 rings (SSSR count). The second-order valence-electron chi connectivity index (χ2n) is 6.14. The number of ether oxygens (including phenoxy) is 1. The number of H-pyrrole nitrogens is 1. The Balaban J connectivity index is 2.15. The Kier molecular flexibility index (Phi) is 8.56. The molecule has 0 aromatic carbocycles. The molecule has 1 aromatic heterocycles. The van der Waals surface area contributed by atoms with Crippen molar-refractivity contribution in [2.45, 2.75) is 31.1 Å². The van der Waals surface area contributed by atoms with Gasteiger partial charge in [0.05, 0.1) is 13.2 Å². The third-order valence-electron chi connectivity index (χ3n) is 3.78. The van der Waals surface area contributed by atoms with Gasteiger partial charge in [-0.15, -0.1) is 0 Å². The van der Waals surface area contributed by atoms with E-state index in [-0.39, 0.29) is 5.56 Å². The number of hydrogen-bond acceptors (Lipinski definition) is 12. The number of nitrogens with one attached hydrogen (secondary N) is 1. The maximum absolute atomic E-state index is 12.1. The van der Waals surface area contributed by atoms with E-state index in [0.717, 1.165) is 6.20 Å². The maximum atomic E-state index is 12.1. The summed E-state index contributed by atoms with van der Waals surface area (Å²) in [6.45, 7) is -1.59. The lowest BCUT2D eigenvalue weighted by molar-refractivity contribution is -0.0543. The summed E-state index contributed by atoms with van der Waals surface area (Å²) in [5, 5.41) is 23.4. The van der Waals surface area contributed by atoms with E-state index in [1.807, 2.05) is 4.98 Å². The van der Waals surface area contributed by atoms with Gasteiger partial charge in [0.1, 0.15) is 18.3 Å². The first-order chi connectivity index (χ1) is 15.1. The van der Waals surface area contributed by atoms with Crippen LogP contribution in [-0.4, -0.2) is 64.3 Å². The quantitative estimate of drug-likeness (QED) is 0.0755. The lowest BCUT2D eigenvalue weighted by Crippen LogP contribution is -2.38. The van der Waals surface area contributed by atoms with E-state index >= 15 is 0 Å². The summed E-state index contributed by atoms with van der Waals surface area (Å²) in [5.74, 6) is 0. The summed E-state index contributed by atoms with van der Waals surface area (Å²) in [5.41, 5.74) is 6.13. The second-order valence-corrected chi connectivity index (χ2v) is 10.6. The van der Waals surface area contributed by atoms with E-state index in [4.69, 9.17) is 24.9 Å². The van der Waals surface area contributed by atoms with Crippen molar-refractivity contribution < 1.29 is 61.4 Å². The van der Waals surface area contributed by atoms with Gasteiger partial charge in [-0.3, -0.25) is 18.9 Å². The standard InChI is InChI=1S/C10H16N5O15P3/c11-14-12-1-4-2-15(10(19)13-8(4)18)9-7(17)6(16)5(28-9)3-27-32(23,24)30-33(25,26)29-31(20,21)22/h2,5-7,9,16-17H,1,3H2,(H,23,24)(H,25,26)(H,13,18,19)(H2,20,21,22)/t5-,6-,7-,9-/m1/s1. The number of azide groups is 1. The lowest BCUT2D eigenvalue weighted by atomic mass is 10.1. The zero-order valence-corrected chi connectivity index (χ0v) is 18.5. The number of nitrogens with zero attached hydrogens (tertiary/aromatic N) is 4. The molecule has 0 radical (unpaired) electrons. The van der Waals surface area contributed by atoms with E-state index < -0.39 is 72.4 Å². The summed E-state index contributed by atoms with van der Waals surface area (Å²) in [6, 6.07) is 0. The monoisotopic (exact) mass is 539 g/mol. The summed E-state index contributed by atoms with van der Waals surface area (Å²) >= 11 is 0. The van der Waals surface area contributed by atoms with Crippen LogP contribution in [0.15, 0.2) is 20.9 Å². The minimum Gasteiger partial charge on any atom is -0.387 e. The average molecular weight is 539 g/mol. The Morgan fingerprint density at radius 3 is 2.33 bits per heavy atom. The van der Waals surface area contributed by atoms with Gasteiger partial charge in [0, 0.05) is 16.7 Å². The van der Waals surface area contributed by atoms with E-state index in [9.17, 15) is 38.4 Å². The zero-order chi connectivity index (χ0) is 25.2. The van der Waals surface area contributed by atoms with Crippen molar-refractivity contribution >= 4 is 23.5 Å². The van der Waals surface area contributed by atoms with Gasteiger partial charge in [0.25, 0.3) is 5.56 Å². The molecule has 1 aliphatic rings. The summed E-state index contributed by atoms with van der Waals surface area (Å²) in [6.07, 6.45) is -6.20. The first-order valence-electron chi connectivity index (χ1n) is 8.20. The van der Waals surface area contributed by atoms with Crippen molar-refractivity contribution in [2.24, 2.45) is 5.11 Å². The predicted octanol–water partition coefficient (Wildman–Crippen LogP) is -1.69. The van der Waals surface area contributed by atoms with E-state index in [1.54, 1.807) is 0 Å². The molecule has 0 amide bonds. The molecule has 2 heterocycles. The highest BCUT2D eigenvalue weighted by Crippen LogP contribution is 2.66. The lowest BCUT2D eigenvalue weighted by Gasteiger charge is -2.19. The van der Waals surface area contributed by atoms with Gasteiger partial charge in [-0.2, -0.15) is 8.62 Å². The number of phosphoric ester groups is 1. The van der Waals surface area contributed by atoms with Gasteiger partial charge in [-0.25, -0.2) is 18.5 Å². The minimum atomic E-state index is -5.78. The largest absolute Gasteiger partial charge is 0.490 e. The fourth-order valence-corrected chi connectivity index (χ4v) is 5.53. The van der Waals surface area contributed by atoms with Crippen molar-refractivity contribution in [2.75, 3.05) is 6.61 Å². The molecule has 1 fully saturated rings. The molecular formula is C10H16N5O15P3. The SMILES string of the molecule is [N-]=[N+]=NCc1cn([C@@H]2O[C@H](COP(=O)(O)OP(=O)(O)OP(=O)(O)O)[C@@H](O)[C@H]2O)c(=O)[nH]c1=O. The molecule has 1 aliphatic heterocycles. The fraction of sp³-hybridized carbons (Fsp3) is 0.600. The third-order valence-corrected chi connectivity index (χ3v) is 7.58. The van der Waals surface area contributed by atoms with Crippen LogP contribution in [0, 0.1) is 0 Å². The number of rotatable bonds is 10. The summed E-state index contributed by atoms with van der Waals surface area (Å²) < 4.78 is 50.8. The van der Waals surface area contributed by atoms with Crippen molar-refractivity contribution in [3.63, 3.8) is 0 Å². The third kappa shape index (κ3) is 7.65. The Morgan fingerprint density at radius 1 is 1.12 bits per heavy atom.